The molecule has 2 unspecified atom stereocenters. The number of rotatable bonds is 3. The van der Waals surface area contributed by atoms with Gasteiger partial charge in [-0.25, -0.2) is 4.98 Å². The fourth-order valence-corrected chi connectivity index (χ4v) is 3.79. The van der Waals surface area contributed by atoms with Crippen LogP contribution in [0.4, 0.5) is 0 Å². The molecule has 1 amide bonds. The fraction of sp³-hybridized carbons (Fsp3) is 0.714. The predicted molar refractivity (Wildman–Crippen MR) is 74.0 cm³/mol. The van der Waals surface area contributed by atoms with Crippen molar-refractivity contribution in [2.45, 2.75) is 50.7 Å². The lowest BCUT2D eigenvalue weighted by Crippen LogP contribution is -2.39. The van der Waals surface area contributed by atoms with E-state index in [1.165, 1.54) is 6.42 Å². The van der Waals surface area contributed by atoms with Crippen molar-refractivity contribution in [1.82, 2.24) is 9.88 Å². The molecule has 4 nitrogen and oxygen atoms in total. The van der Waals surface area contributed by atoms with Gasteiger partial charge in [0.2, 0.25) is 5.91 Å². The van der Waals surface area contributed by atoms with E-state index in [4.69, 9.17) is 4.74 Å². The first-order valence-corrected chi connectivity index (χ1v) is 8.03. The molecule has 2 fully saturated rings. The standard InChI is InChI=1S/C14H20N2O2S/c17-13(10-11-4-3-8-18-11)16-7-2-1-5-12(16)14-15-6-9-19-14/h6,9,11-12H,1-5,7-8,10H2. The molecule has 0 N–H and O–H groups in total. The van der Waals surface area contributed by atoms with Gasteiger partial charge < -0.3 is 9.64 Å². The van der Waals surface area contributed by atoms with Gasteiger partial charge in [0.25, 0.3) is 0 Å². The van der Waals surface area contributed by atoms with E-state index in [1.807, 2.05) is 16.5 Å². The van der Waals surface area contributed by atoms with Crippen LogP contribution in [0.25, 0.3) is 0 Å². The summed E-state index contributed by atoms with van der Waals surface area (Å²) < 4.78 is 5.58. The molecule has 0 aromatic carbocycles. The quantitative estimate of drug-likeness (QED) is 0.855. The summed E-state index contributed by atoms with van der Waals surface area (Å²) in [6, 6.07) is 0.197. The Morgan fingerprint density at radius 3 is 3.11 bits per heavy atom. The monoisotopic (exact) mass is 280 g/mol. The van der Waals surface area contributed by atoms with Crippen LogP contribution in [0.15, 0.2) is 11.6 Å². The fourth-order valence-electron chi connectivity index (χ4n) is 3.00. The molecule has 0 spiro atoms. The van der Waals surface area contributed by atoms with Gasteiger partial charge in [-0.1, -0.05) is 0 Å². The summed E-state index contributed by atoms with van der Waals surface area (Å²) in [5, 5.41) is 3.08. The van der Waals surface area contributed by atoms with E-state index in [0.717, 1.165) is 43.8 Å². The third-order valence-electron chi connectivity index (χ3n) is 3.99. The maximum absolute atomic E-state index is 12.5. The molecule has 0 radical (unpaired) electrons. The van der Waals surface area contributed by atoms with Crippen LogP contribution in [-0.2, 0) is 9.53 Å². The van der Waals surface area contributed by atoms with Gasteiger partial charge in [-0.05, 0) is 32.1 Å². The largest absolute Gasteiger partial charge is 0.378 e. The molecule has 19 heavy (non-hydrogen) atoms. The molecule has 2 aliphatic rings. The third kappa shape index (κ3) is 2.98. The molecule has 2 atom stereocenters. The maximum atomic E-state index is 12.5. The number of piperidine rings is 1. The maximum Gasteiger partial charge on any atom is 0.225 e. The second-order valence-corrected chi connectivity index (χ2v) is 6.23. The number of carbonyl (C=O) groups is 1. The van der Waals surface area contributed by atoms with Crippen LogP contribution in [0.2, 0.25) is 0 Å². The third-order valence-corrected chi connectivity index (χ3v) is 4.86. The number of thiazole rings is 1. The number of hydrogen-bond donors (Lipinski definition) is 0. The molecule has 3 heterocycles. The molecule has 0 aliphatic carbocycles. The SMILES string of the molecule is O=C(CC1CCCO1)N1CCCCC1c1nccs1. The first kappa shape index (κ1) is 13.1. The Morgan fingerprint density at radius 1 is 1.42 bits per heavy atom. The Morgan fingerprint density at radius 2 is 2.37 bits per heavy atom. The van der Waals surface area contributed by atoms with Crippen molar-refractivity contribution in [2.24, 2.45) is 0 Å². The lowest BCUT2D eigenvalue weighted by atomic mass is 10.0. The highest BCUT2D eigenvalue weighted by Gasteiger charge is 2.31. The smallest absolute Gasteiger partial charge is 0.225 e. The Kier molecular flexibility index (Phi) is 4.13. The molecule has 5 heteroatoms. The number of ether oxygens (including phenoxy) is 1. The summed E-state index contributed by atoms with van der Waals surface area (Å²) in [7, 11) is 0. The van der Waals surface area contributed by atoms with E-state index < -0.39 is 0 Å². The van der Waals surface area contributed by atoms with Crippen LogP contribution >= 0.6 is 11.3 Å². The number of amides is 1. The Hall–Kier alpha value is -0.940. The average Bonchev–Trinajstić information content (AvgIpc) is 3.11. The zero-order chi connectivity index (χ0) is 13.1. The highest BCUT2D eigenvalue weighted by molar-refractivity contribution is 7.09. The summed E-state index contributed by atoms with van der Waals surface area (Å²) in [6.45, 7) is 1.68. The van der Waals surface area contributed by atoms with Gasteiger partial charge in [-0.15, -0.1) is 11.3 Å². The second kappa shape index (κ2) is 6.01. The molecule has 3 rings (SSSR count). The van der Waals surface area contributed by atoms with Crippen LogP contribution in [0, 0.1) is 0 Å². The lowest BCUT2D eigenvalue weighted by Gasteiger charge is -2.35. The summed E-state index contributed by atoms with van der Waals surface area (Å²) in [4.78, 5) is 18.9. The normalized spacial score (nSPS) is 27.7. The van der Waals surface area contributed by atoms with E-state index in [2.05, 4.69) is 4.98 Å². The molecule has 2 aliphatic heterocycles. The van der Waals surface area contributed by atoms with E-state index >= 15 is 0 Å². The van der Waals surface area contributed by atoms with Crippen molar-refractivity contribution in [1.29, 1.82) is 0 Å². The van der Waals surface area contributed by atoms with E-state index in [1.54, 1.807) is 11.3 Å². The van der Waals surface area contributed by atoms with Crippen LogP contribution in [0.1, 0.15) is 49.6 Å². The number of likely N-dealkylation sites (tertiary alicyclic amines) is 1. The number of aromatic nitrogens is 1. The van der Waals surface area contributed by atoms with E-state index in [0.29, 0.717) is 6.42 Å². The minimum atomic E-state index is 0.145. The molecule has 1 aromatic rings. The van der Waals surface area contributed by atoms with E-state index in [9.17, 15) is 4.79 Å². The first-order chi connectivity index (χ1) is 9.34. The summed E-state index contributed by atoms with van der Waals surface area (Å²) in [6.07, 6.45) is 7.98. The highest BCUT2D eigenvalue weighted by Crippen LogP contribution is 2.33. The number of hydrogen-bond acceptors (Lipinski definition) is 4. The number of nitrogens with zero attached hydrogens (tertiary/aromatic N) is 2. The van der Waals surface area contributed by atoms with Crippen LogP contribution < -0.4 is 0 Å². The molecular formula is C14H20N2O2S. The Balaban J connectivity index is 1.67. The minimum absolute atomic E-state index is 0.145. The molecule has 0 bridgehead atoms. The average molecular weight is 280 g/mol. The predicted octanol–water partition coefficient (Wildman–Crippen LogP) is 2.77. The van der Waals surface area contributed by atoms with Crippen LogP contribution in [-0.4, -0.2) is 35.0 Å². The summed E-state index contributed by atoms with van der Waals surface area (Å²) >= 11 is 1.66. The van der Waals surface area contributed by atoms with Crippen molar-refractivity contribution in [3.05, 3.63) is 16.6 Å². The van der Waals surface area contributed by atoms with Crippen molar-refractivity contribution >= 4 is 17.2 Å². The van der Waals surface area contributed by atoms with Crippen molar-refractivity contribution < 1.29 is 9.53 Å². The molecule has 2 saturated heterocycles. The van der Waals surface area contributed by atoms with Gasteiger partial charge in [-0.2, -0.15) is 0 Å². The first-order valence-electron chi connectivity index (χ1n) is 7.15. The lowest BCUT2D eigenvalue weighted by molar-refractivity contribution is -0.137. The minimum Gasteiger partial charge on any atom is -0.378 e. The van der Waals surface area contributed by atoms with Gasteiger partial charge >= 0.3 is 0 Å². The Labute approximate surface area is 117 Å². The van der Waals surface area contributed by atoms with Gasteiger partial charge in [0.15, 0.2) is 0 Å². The molecule has 1 aromatic heterocycles. The van der Waals surface area contributed by atoms with Gasteiger partial charge in [0.1, 0.15) is 5.01 Å². The summed E-state index contributed by atoms with van der Waals surface area (Å²) in [5.41, 5.74) is 0. The van der Waals surface area contributed by atoms with Crippen molar-refractivity contribution in [3.63, 3.8) is 0 Å². The zero-order valence-electron chi connectivity index (χ0n) is 11.1. The number of carbonyl (C=O) groups excluding carboxylic acids is 1. The summed E-state index contributed by atoms with van der Waals surface area (Å²) in [5.74, 6) is 0.242. The van der Waals surface area contributed by atoms with Gasteiger partial charge in [0.05, 0.1) is 18.6 Å². The molecular weight excluding hydrogens is 260 g/mol. The zero-order valence-corrected chi connectivity index (χ0v) is 11.9. The van der Waals surface area contributed by atoms with Crippen molar-refractivity contribution in [3.8, 4) is 0 Å². The van der Waals surface area contributed by atoms with Gasteiger partial charge in [0, 0.05) is 24.7 Å². The Bertz CT molecular complexity index is 415. The van der Waals surface area contributed by atoms with Gasteiger partial charge in [-0.3, -0.25) is 4.79 Å². The second-order valence-electron chi connectivity index (χ2n) is 5.31. The topological polar surface area (TPSA) is 42.4 Å². The van der Waals surface area contributed by atoms with Crippen LogP contribution in [0.3, 0.4) is 0 Å². The van der Waals surface area contributed by atoms with Crippen molar-refractivity contribution in [2.75, 3.05) is 13.2 Å². The molecule has 104 valence electrons. The van der Waals surface area contributed by atoms with E-state index in [-0.39, 0.29) is 18.1 Å². The molecule has 0 saturated carbocycles. The van der Waals surface area contributed by atoms with Crippen LogP contribution in [0.5, 0.6) is 0 Å². The highest BCUT2D eigenvalue weighted by atomic mass is 32.1.